The van der Waals surface area contributed by atoms with E-state index in [0.29, 0.717) is 22.0 Å². The van der Waals surface area contributed by atoms with Crippen molar-refractivity contribution in [2.45, 2.75) is 19.5 Å². The molecule has 128 valence electrons. The SMILES string of the molecule is COc1cccc(NC(=O)[C@@H](C)N(C)Cc2c(F)cccc2Cl)c1. The topological polar surface area (TPSA) is 41.6 Å². The van der Waals surface area contributed by atoms with Gasteiger partial charge in [-0.3, -0.25) is 9.69 Å². The van der Waals surface area contributed by atoms with Crippen LogP contribution in [0.2, 0.25) is 5.02 Å². The maximum absolute atomic E-state index is 13.9. The van der Waals surface area contributed by atoms with E-state index < -0.39 is 6.04 Å². The van der Waals surface area contributed by atoms with Gasteiger partial charge in [0.1, 0.15) is 11.6 Å². The van der Waals surface area contributed by atoms with Gasteiger partial charge in [0.25, 0.3) is 0 Å². The number of likely N-dealkylation sites (N-methyl/N-ethyl adjacent to an activating group) is 1. The van der Waals surface area contributed by atoms with Crippen molar-refractivity contribution in [3.63, 3.8) is 0 Å². The lowest BCUT2D eigenvalue weighted by molar-refractivity contribution is -0.120. The van der Waals surface area contributed by atoms with Gasteiger partial charge in [-0.25, -0.2) is 4.39 Å². The van der Waals surface area contributed by atoms with E-state index in [1.54, 1.807) is 62.4 Å². The fourth-order valence-corrected chi connectivity index (χ4v) is 2.44. The van der Waals surface area contributed by atoms with Gasteiger partial charge in [-0.15, -0.1) is 0 Å². The van der Waals surface area contributed by atoms with E-state index in [0.717, 1.165) is 0 Å². The average molecular weight is 351 g/mol. The fraction of sp³-hybridized carbons (Fsp3) is 0.278. The van der Waals surface area contributed by atoms with Crippen molar-refractivity contribution in [2.75, 3.05) is 19.5 Å². The molecule has 1 atom stereocenters. The van der Waals surface area contributed by atoms with Crippen molar-refractivity contribution >= 4 is 23.2 Å². The predicted octanol–water partition coefficient (Wildman–Crippen LogP) is 3.95. The first-order valence-electron chi connectivity index (χ1n) is 7.50. The summed E-state index contributed by atoms with van der Waals surface area (Å²) in [5, 5.41) is 3.17. The van der Waals surface area contributed by atoms with Gasteiger partial charge in [0, 0.05) is 28.9 Å². The third kappa shape index (κ3) is 4.46. The molecule has 0 aromatic heterocycles. The minimum absolute atomic E-state index is 0.196. The van der Waals surface area contributed by atoms with Crippen LogP contribution in [0.25, 0.3) is 0 Å². The third-order valence-corrected chi connectivity index (χ3v) is 4.20. The Bertz CT molecular complexity index is 704. The van der Waals surface area contributed by atoms with Crippen LogP contribution < -0.4 is 10.1 Å². The van der Waals surface area contributed by atoms with Gasteiger partial charge in [-0.2, -0.15) is 0 Å². The van der Waals surface area contributed by atoms with Gasteiger partial charge in [0.15, 0.2) is 0 Å². The largest absolute Gasteiger partial charge is 0.497 e. The average Bonchev–Trinajstić information content (AvgIpc) is 2.57. The van der Waals surface area contributed by atoms with Crippen LogP contribution in [0.3, 0.4) is 0 Å². The van der Waals surface area contributed by atoms with E-state index in [4.69, 9.17) is 16.3 Å². The van der Waals surface area contributed by atoms with Crippen LogP contribution in [-0.2, 0) is 11.3 Å². The van der Waals surface area contributed by atoms with Gasteiger partial charge in [0.05, 0.1) is 13.2 Å². The highest BCUT2D eigenvalue weighted by molar-refractivity contribution is 6.31. The molecular formula is C18H20ClFN2O2. The zero-order valence-corrected chi connectivity index (χ0v) is 14.6. The Balaban J connectivity index is 2.04. The Labute approximate surface area is 146 Å². The van der Waals surface area contributed by atoms with Gasteiger partial charge in [0.2, 0.25) is 5.91 Å². The molecule has 1 N–H and O–H groups in total. The van der Waals surface area contributed by atoms with Gasteiger partial charge in [-0.1, -0.05) is 23.7 Å². The fourth-order valence-electron chi connectivity index (χ4n) is 2.22. The van der Waals surface area contributed by atoms with E-state index in [9.17, 15) is 9.18 Å². The second-order valence-corrected chi connectivity index (χ2v) is 5.92. The zero-order valence-electron chi connectivity index (χ0n) is 13.8. The zero-order chi connectivity index (χ0) is 17.7. The molecule has 0 bridgehead atoms. The molecule has 4 nitrogen and oxygen atoms in total. The summed E-state index contributed by atoms with van der Waals surface area (Å²) in [5.41, 5.74) is 1.02. The Morgan fingerprint density at radius 3 is 2.71 bits per heavy atom. The number of halogens is 2. The number of hydrogen-bond donors (Lipinski definition) is 1. The number of carbonyl (C=O) groups excluding carboxylic acids is 1. The highest BCUT2D eigenvalue weighted by Crippen LogP contribution is 2.22. The molecule has 0 unspecified atom stereocenters. The standard InChI is InChI=1S/C18H20ClFN2O2/c1-12(18(23)21-13-6-4-7-14(10-13)24-3)22(2)11-15-16(19)8-5-9-17(15)20/h4-10,12H,11H2,1-3H3,(H,21,23)/t12-/m1/s1. The molecule has 0 aliphatic carbocycles. The molecule has 2 aromatic rings. The number of nitrogens with one attached hydrogen (secondary N) is 1. The maximum atomic E-state index is 13.9. The normalized spacial score (nSPS) is 12.1. The number of nitrogens with zero attached hydrogens (tertiary/aromatic N) is 1. The molecule has 0 aliphatic rings. The number of carbonyl (C=O) groups is 1. The number of amides is 1. The number of methoxy groups -OCH3 is 1. The predicted molar refractivity (Wildman–Crippen MR) is 94.0 cm³/mol. The summed E-state index contributed by atoms with van der Waals surface area (Å²) in [4.78, 5) is 14.1. The summed E-state index contributed by atoms with van der Waals surface area (Å²) in [5.74, 6) is 0.0833. The smallest absolute Gasteiger partial charge is 0.241 e. The lowest BCUT2D eigenvalue weighted by Gasteiger charge is -2.24. The molecular weight excluding hydrogens is 331 g/mol. The first kappa shape index (κ1) is 18.2. The Kier molecular flexibility index (Phi) is 6.17. The van der Waals surface area contributed by atoms with Crippen LogP contribution in [0, 0.1) is 5.82 Å². The van der Waals surface area contributed by atoms with E-state index >= 15 is 0 Å². The van der Waals surface area contributed by atoms with Crippen molar-refractivity contribution < 1.29 is 13.9 Å². The van der Waals surface area contributed by atoms with Crippen molar-refractivity contribution in [1.82, 2.24) is 4.90 Å². The minimum atomic E-state index is -0.466. The number of benzene rings is 2. The van der Waals surface area contributed by atoms with E-state index in [-0.39, 0.29) is 18.3 Å². The second kappa shape index (κ2) is 8.13. The quantitative estimate of drug-likeness (QED) is 0.857. The van der Waals surface area contributed by atoms with Gasteiger partial charge in [-0.05, 0) is 38.2 Å². The second-order valence-electron chi connectivity index (χ2n) is 5.51. The van der Waals surface area contributed by atoms with Crippen LogP contribution in [0.15, 0.2) is 42.5 Å². The lowest BCUT2D eigenvalue weighted by Crippen LogP contribution is -2.39. The van der Waals surface area contributed by atoms with Crippen molar-refractivity contribution in [3.05, 3.63) is 58.9 Å². The van der Waals surface area contributed by atoms with Gasteiger partial charge < -0.3 is 10.1 Å². The Morgan fingerprint density at radius 1 is 1.33 bits per heavy atom. The van der Waals surface area contributed by atoms with Crippen molar-refractivity contribution in [3.8, 4) is 5.75 Å². The monoisotopic (exact) mass is 350 g/mol. The summed E-state index contributed by atoms with van der Waals surface area (Å²) in [6.45, 7) is 1.99. The van der Waals surface area contributed by atoms with Crippen LogP contribution in [0.1, 0.15) is 12.5 Å². The molecule has 0 spiro atoms. The number of rotatable bonds is 6. The van der Waals surface area contributed by atoms with E-state index in [2.05, 4.69) is 5.32 Å². The first-order valence-corrected chi connectivity index (χ1v) is 7.88. The highest BCUT2D eigenvalue weighted by atomic mass is 35.5. The summed E-state index contributed by atoms with van der Waals surface area (Å²) in [6.07, 6.45) is 0. The number of hydrogen-bond acceptors (Lipinski definition) is 3. The Hall–Kier alpha value is -2.11. The number of ether oxygens (including phenoxy) is 1. The molecule has 0 saturated carbocycles. The molecule has 0 saturated heterocycles. The molecule has 2 rings (SSSR count). The minimum Gasteiger partial charge on any atom is -0.497 e. The summed E-state index contributed by atoms with van der Waals surface area (Å²) in [7, 11) is 3.31. The van der Waals surface area contributed by atoms with Crippen LogP contribution in [0.4, 0.5) is 10.1 Å². The van der Waals surface area contributed by atoms with Crippen LogP contribution in [-0.4, -0.2) is 31.0 Å². The highest BCUT2D eigenvalue weighted by Gasteiger charge is 2.20. The third-order valence-electron chi connectivity index (χ3n) is 3.85. The Morgan fingerprint density at radius 2 is 2.04 bits per heavy atom. The van der Waals surface area contributed by atoms with E-state index in [1.807, 2.05) is 0 Å². The van der Waals surface area contributed by atoms with Gasteiger partial charge >= 0.3 is 0 Å². The maximum Gasteiger partial charge on any atom is 0.241 e. The molecule has 0 radical (unpaired) electrons. The molecule has 6 heteroatoms. The molecule has 24 heavy (non-hydrogen) atoms. The van der Waals surface area contributed by atoms with Crippen LogP contribution in [0.5, 0.6) is 5.75 Å². The first-order chi connectivity index (χ1) is 11.4. The summed E-state index contributed by atoms with van der Waals surface area (Å²) in [6, 6.07) is 11.2. The molecule has 1 amide bonds. The van der Waals surface area contributed by atoms with Crippen molar-refractivity contribution in [1.29, 1.82) is 0 Å². The molecule has 0 heterocycles. The molecule has 2 aromatic carbocycles. The van der Waals surface area contributed by atoms with E-state index in [1.165, 1.54) is 6.07 Å². The summed E-state index contributed by atoms with van der Waals surface area (Å²) < 4.78 is 19.0. The van der Waals surface area contributed by atoms with Crippen LogP contribution >= 0.6 is 11.6 Å². The van der Waals surface area contributed by atoms with Crippen molar-refractivity contribution in [2.24, 2.45) is 0 Å². The number of anilines is 1. The molecule has 0 aliphatic heterocycles. The summed E-state index contributed by atoms with van der Waals surface area (Å²) >= 11 is 6.04. The lowest BCUT2D eigenvalue weighted by atomic mass is 10.1. The molecule has 0 fully saturated rings.